The number of carbonyl (C=O) groups is 1. The Bertz CT molecular complexity index is 1150. The molecule has 0 spiro atoms. The first-order valence-electron chi connectivity index (χ1n) is 9.42. The third kappa shape index (κ3) is 4.72. The van der Waals surface area contributed by atoms with Gasteiger partial charge < -0.3 is 9.32 Å². The van der Waals surface area contributed by atoms with E-state index in [2.05, 4.69) is 0 Å². The number of benzene rings is 2. The molecule has 0 unspecified atom stereocenters. The maximum absolute atomic E-state index is 13.2. The maximum Gasteiger partial charge on any atom is 0.254 e. The molecule has 1 saturated heterocycles. The summed E-state index contributed by atoms with van der Waals surface area (Å²) < 4.78 is 30.0. The molecule has 1 aliphatic rings. The standard InChI is InChI=1S/C22H19Cl2NO4S/c23-17-5-1-15(2-6-17)21-10-9-20(29-21)13-25(19-11-12-30(27,28)14-19)22(26)16-3-7-18(24)8-4-16/h1-10,19H,11-14H2/t19-/m0/s1. The Balaban J connectivity index is 1.61. The number of nitrogens with zero attached hydrogens (tertiary/aromatic N) is 1. The van der Waals surface area contributed by atoms with Crippen LogP contribution in [0.3, 0.4) is 0 Å². The predicted molar refractivity (Wildman–Crippen MR) is 118 cm³/mol. The second kappa shape index (κ2) is 8.46. The molecule has 0 N–H and O–H groups in total. The van der Waals surface area contributed by atoms with Gasteiger partial charge in [0.25, 0.3) is 5.91 Å². The Hall–Kier alpha value is -2.28. The number of amides is 1. The highest BCUT2D eigenvalue weighted by molar-refractivity contribution is 7.91. The van der Waals surface area contributed by atoms with Crippen LogP contribution in [0.1, 0.15) is 22.5 Å². The van der Waals surface area contributed by atoms with Crippen LogP contribution >= 0.6 is 23.2 Å². The van der Waals surface area contributed by atoms with E-state index in [0.717, 1.165) is 5.56 Å². The largest absolute Gasteiger partial charge is 0.459 e. The van der Waals surface area contributed by atoms with Crippen molar-refractivity contribution >= 4 is 38.9 Å². The summed E-state index contributed by atoms with van der Waals surface area (Å²) in [6.45, 7) is 0.176. The highest BCUT2D eigenvalue weighted by Crippen LogP contribution is 2.27. The van der Waals surface area contributed by atoms with Crippen LogP contribution in [-0.2, 0) is 16.4 Å². The zero-order valence-corrected chi connectivity index (χ0v) is 18.3. The van der Waals surface area contributed by atoms with E-state index in [9.17, 15) is 13.2 Å². The smallest absolute Gasteiger partial charge is 0.254 e. The average Bonchev–Trinajstić information content (AvgIpc) is 3.33. The van der Waals surface area contributed by atoms with Crippen molar-refractivity contribution in [3.05, 3.63) is 82.0 Å². The van der Waals surface area contributed by atoms with Gasteiger partial charge in [-0.3, -0.25) is 4.79 Å². The fraction of sp³-hybridized carbons (Fsp3) is 0.227. The Labute approximate surface area is 185 Å². The monoisotopic (exact) mass is 463 g/mol. The molecule has 5 nitrogen and oxygen atoms in total. The third-order valence-corrected chi connectivity index (χ3v) is 7.37. The number of halogens is 2. The highest BCUT2D eigenvalue weighted by Gasteiger charge is 2.35. The quantitative estimate of drug-likeness (QED) is 0.528. The van der Waals surface area contributed by atoms with Gasteiger partial charge in [0.05, 0.1) is 18.1 Å². The molecule has 3 aromatic rings. The van der Waals surface area contributed by atoms with Gasteiger partial charge in [-0.1, -0.05) is 23.2 Å². The number of rotatable bonds is 5. The minimum atomic E-state index is -3.16. The maximum atomic E-state index is 13.2. The number of sulfone groups is 1. The summed E-state index contributed by atoms with van der Waals surface area (Å²) in [4.78, 5) is 14.8. The summed E-state index contributed by atoms with van der Waals surface area (Å²) in [5.41, 5.74) is 1.32. The van der Waals surface area contributed by atoms with Gasteiger partial charge in [-0.05, 0) is 67.1 Å². The molecule has 0 aliphatic carbocycles. The zero-order chi connectivity index (χ0) is 21.3. The number of carbonyl (C=O) groups excluding carboxylic acids is 1. The molecule has 0 radical (unpaired) electrons. The molecule has 30 heavy (non-hydrogen) atoms. The minimum absolute atomic E-state index is 0.0446. The average molecular weight is 464 g/mol. The third-order valence-electron chi connectivity index (χ3n) is 5.12. The van der Waals surface area contributed by atoms with E-state index in [4.69, 9.17) is 27.6 Å². The fourth-order valence-electron chi connectivity index (χ4n) is 3.55. The van der Waals surface area contributed by atoms with Gasteiger partial charge in [-0.15, -0.1) is 0 Å². The van der Waals surface area contributed by atoms with Gasteiger partial charge >= 0.3 is 0 Å². The molecule has 1 amide bonds. The van der Waals surface area contributed by atoms with E-state index in [1.165, 1.54) is 0 Å². The number of hydrogen-bond acceptors (Lipinski definition) is 4. The second-order valence-corrected chi connectivity index (χ2v) is 10.4. The first-order valence-corrected chi connectivity index (χ1v) is 12.0. The first-order chi connectivity index (χ1) is 14.3. The lowest BCUT2D eigenvalue weighted by molar-refractivity contribution is 0.0666. The van der Waals surface area contributed by atoms with Crippen molar-refractivity contribution in [1.29, 1.82) is 0 Å². The van der Waals surface area contributed by atoms with E-state index >= 15 is 0 Å². The van der Waals surface area contributed by atoms with Gasteiger partial charge in [0, 0.05) is 27.2 Å². The van der Waals surface area contributed by atoms with E-state index in [0.29, 0.717) is 33.6 Å². The van der Waals surface area contributed by atoms with Crippen molar-refractivity contribution in [2.75, 3.05) is 11.5 Å². The molecule has 0 bridgehead atoms. The molecule has 156 valence electrons. The molecule has 2 heterocycles. The van der Waals surface area contributed by atoms with Gasteiger partial charge in [0.15, 0.2) is 9.84 Å². The van der Waals surface area contributed by atoms with Crippen LogP contribution in [0.15, 0.2) is 65.1 Å². The Morgan fingerprint density at radius 2 is 1.60 bits per heavy atom. The molecule has 1 atom stereocenters. The van der Waals surface area contributed by atoms with Crippen molar-refractivity contribution in [2.24, 2.45) is 0 Å². The summed E-state index contributed by atoms with van der Waals surface area (Å²) in [5.74, 6) is 1.01. The van der Waals surface area contributed by atoms with E-state index < -0.39 is 15.9 Å². The lowest BCUT2D eigenvalue weighted by Gasteiger charge is -2.27. The van der Waals surface area contributed by atoms with Gasteiger partial charge in [0.2, 0.25) is 0 Å². The van der Waals surface area contributed by atoms with Gasteiger partial charge in [-0.25, -0.2) is 8.42 Å². The van der Waals surface area contributed by atoms with Crippen LogP contribution in [0.4, 0.5) is 0 Å². The van der Waals surface area contributed by atoms with E-state index in [-0.39, 0.29) is 24.0 Å². The molecular formula is C22H19Cl2NO4S. The summed E-state index contributed by atoms with van der Waals surface area (Å²) in [6.07, 6.45) is 0.409. The Morgan fingerprint density at radius 1 is 0.967 bits per heavy atom. The van der Waals surface area contributed by atoms with Gasteiger partial charge in [-0.2, -0.15) is 0 Å². The zero-order valence-electron chi connectivity index (χ0n) is 15.9. The van der Waals surface area contributed by atoms with Crippen LogP contribution in [-0.4, -0.2) is 36.8 Å². The topological polar surface area (TPSA) is 67.6 Å². The van der Waals surface area contributed by atoms with Crippen molar-refractivity contribution in [2.45, 2.75) is 19.0 Å². The van der Waals surface area contributed by atoms with Crippen LogP contribution in [0, 0.1) is 0 Å². The van der Waals surface area contributed by atoms with E-state index in [1.54, 1.807) is 47.4 Å². The molecule has 2 aromatic carbocycles. The molecule has 1 fully saturated rings. The summed E-state index contributed by atoms with van der Waals surface area (Å²) in [7, 11) is -3.16. The van der Waals surface area contributed by atoms with Gasteiger partial charge in [0.1, 0.15) is 11.5 Å². The van der Waals surface area contributed by atoms with E-state index in [1.807, 2.05) is 18.2 Å². The normalized spacial score (nSPS) is 17.7. The minimum Gasteiger partial charge on any atom is -0.459 e. The first kappa shape index (κ1) is 21.0. The number of hydrogen-bond donors (Lipinski definition) is 0. The SMILES string of the molecule is O=C(c1ccc(Cl)cc1)N(Cc1ccc(-c2ccc(Cl)cc2)o1)[C@H]1CCS(=O)(=O)C1. The van der Waals surface area contributed by atoms with Crippen LogP contribution in [0.25, 0.3) is 11.3 Å². The van der Waals surface area contributed by atoms with Crippen LogP contribution in [0.2, 0.25) is 10.0 Å². The van der Waals surface area contributed by atoms with Crippen LogP contribution in [0.5, 0.6) is 0 Å². The molecule has 4 rings (SSSR count). The second-order valence-electron chi connectivity index (χ2n) is 7.27. The summed E-state index contributed by atoms with van der Waals surface area (Å²) in [6, 6.07) is 17.1. The Morgan fingerprint density at radius 3 is 2.20 bits per heavy atom. The fourth-order valence-corrected chi connectivity index (χ4v) is 5.53. The van der Waals surface area contributed by atoms with Crippen molar-refractivity contribution in [1.82, 2.24) is 4.90 Å². The lowest BCUT2D eigenvalue weighted by Crippen LogP contribution is -2.40. The van der Waals surface area contributed by atoms with Crippen LogP contribution < -0.4 is 0 Å². The predicted octanol–water partition coefficient (Wildman–Crippen LogP) is 5.08. The molecule has 0 saturated carbocycles. The number of furan rings is 1. The highest BCUT2D eigenvalue weighted by atomic mass is 35.5. The van der Waals surface area contributed by atoms with Crippen molar-refractivity contribution in [3.63, 3.8) is 0 Å². The molecule has 1 aliphatic heterocycles. The molecule has 8 heteroatoms. The van der Waals surface area contributed by atoms with Crippen molar-refractivity contribution < 1.29 is 17.6 Å². The molecule has 1 aromatic heterocycles. The summed E-state index contributed by atoms with van der Waals surface area (Å²) >= 11 is 11.9. The summed E-state index contributed by atoms with van der Waals surface area (Å²) in [5, 5.41) is 1.16. The Kier molecular flexibility index (Phi) is 5.91. The lowest BCUT2D eigenvalue weighted by atomic mass is 10.1. The van der Waals surface area contributed by atoms with Crippen molar-refractivity contribution in [3.8, 4) is 11.3 Å². The molecular weight excluding hydrogens is 445 g/mol.